The van der Waals surface area contributed by atoms with Crippen molar-refractivity contribution >= 4 is 68.1 Å². The van der Waals surface area contributed by atoms with Crippen molar-refractivity contribution in [2.45, 2.75) is 0 Å². The lowest BCUT2D eigenvalue weighted by atomic mass is 10.1. The Morgan fingerprint density at radius 2 is 0.932 bits per heavy atom. The average Bonchev–Trinajstić information content (AvgIpc) is 3.06. The van der Waals surface area contributed by atoms with E-state index in [-0.39, 0.29) is 22.9 Å². The highest BCUT2D eigenvalue weighted by Gasteiger charge is 2.21. The van der Waals surface area contributed by atoms with Gasteiger partial charge < -0.3 is 19.1 Å². The van der Waals surface area contributed by atoms with E-state index in [1.807, 2.05) is 48.5 Å². The van der Waals surface area contributed by atoms with Crippen molar-refractivity contribution in [3.05, 3.63) is 120 Å². The molecule has 6 aromatic rings. The fourth-order valence-electron chi connectivity index (χ4n) is 4.26. The minimum atomic E-state index is -1.34. The van der Waals surface area contributed by atoms with Crippen LogP contribution in [-0.2, 0) is 19.3 Å². The molecule has 6 rings (SSSR count). The number of ether oxygens (including phenoxy) is 2. The van der Waals surface area contributed by atoms with Gasteiger partial charge in [0, 0.05) is 44.0 Å². The lowest BCUT2D eigenvalue weighted by Gasteiger charge is -2.14. The second-order valence-electron chi connectivity index (χ2n) is 9.11. The molecule has 2 aromatic heterocycles. The fourth-order valence-corrected chi connectivity index (χ4v) is 4.72. The quantitative estimate of drug-likeness (QED) is 0.126. The maximum atomic E-state index is 12.4. The molecule has 0 saturated carbocycles. The van der Waals surface area contributed by atoms with E-state index in [0.29, 0.717) is 21.5 Å². The molecule has 4 aromatic carbocycles. The van der Waals surface area contributed by atoms with E-state index in [1.54, 1.807) is 24.3 Å². The number of halogens is 2. The normalized spacial score (nSPS) is 10.7. The second-order valence-corrected chi connectivity index (χ2v) is 9.93. The Bertz CT molecular complexity index is 1880. The zero-order chi connectivity index (χ0) is 30.5. The predicted molar refractivity (Wildman–Crippen MR) is 166 cm³/mol. The molecule has 0 aliphatic carbocycles. The summed E-state index contributed by atoms with van der Waals surface area (Å²) in [5.74, 6) is -1.22. The van der Waals surface area contributed by atoms with Gasteiger partial charge in [-0.3, -0.25) is 9.97 Å². The molecule has 0 radical (unpaired) electrons. The maximum absolute atomic E-state index is 12.4. The third-order valence-electron chi connectivity index (χ3n) is 6.34. The van der Waals surface area contributed by atoms with Crippen LogP contribution in [-0.4, -0.2) is 21.9 Å². The fraction of sp³-hybridized carbons (Fsp3) is 0. The van der Waals surface area contributed by atoms with Crippen LogP contribution >= 0.6 is 23.2 Å². The van der Waals surface area contributed by atoms with E-state index >= 15 is 0 Å². The molecule has 0 spiro atoms. The maximum Gasteiger partial charge on any atom is 0.443 e. The summed E-state index contributed by atoms with van der Waals surface area (Å²) >= 11 is 12.6. The SMILES string of the molecule is O=C(ONc1ccncc1Oc1ccc(Cl)c2ccccc12)C(=O)ONc1ccncc1Oc1ccc(Cl)c2ccccc12. The van der Waals surface area contributed by atoms with E-state index in [9.17, 15) is 9.59 Å². The molecule has 12 heteroatoms. The van der Waals surface area contributed by atoms with Crippen LogP contribution in [0.3, 0.4) is 0 Å². The molecule has 0 aliphatic rings. The third-order valence-corrected chi connectivity index (χ3v) is 7.00. The van der Waals surface area contributed by atoms with Gasteiger partial charge in [-0.05, 0) is 36.4 Å². The molecule has 218 valence electrons. The zero-order valence-electron chi connectivity index (χ0n) is 22.5. The summed E-state index contributed by atoms with van der Waals surface area (Å²) in [6.07, 6.45) is 5.76. The zero-order valence-corrected chi connectivity index (χ0v) is 24.0. The largest absolute Gasteiger partial charge is 0.453 e. The van der Waals surface area contributed by atoms with Gasteiger partial charge in [0.15, 0.2) is 11.5 Å². The molecule has 44 heavy (non-hydrogen) atoms. The molecule has 0 bridgehead atoms. The van der Waals surface area contributed by atoms with Gasteiger partial charge in [-0.2, -0.15) is 0 Å². The van der Waals surface area contributed by atoms with Crippen molar-refractivity contribution in [1.29, 1.82) is 0 Å². The Hall–Kier alpha value is -5.58. The molecule has 0 amide bonds. The number of nitrogens with one attached hydrogen (secondary N) is 2. The second kappa shape index (κ2) is 12.7. The van der Waals surface area contributed by atoms with Crippen LogP contribution in [0.5, 0.6) is 23.0 Å². The number of nitrogens with zero attached hydrogens (tertiary/aromatic N) is 2. The number of rotatable bonds is 8. The predicted octanol–water partition coefficient (Wildman–Crippen LogP) is 8.11. The molecule has 0 unspecified atom stereocenters. The monoisotopic (exact) mass is 626 g/mol. The van der Waals surface area contributed by atoms with Crippen molar-refractivity contribution < 1.29 is 28.7 Å². The van der Waals surface area contributed by atoms with Gasteiger partial charge in [0.1, 0.15) is 22.9 Å². The molecule has 0 atom stereocenters. The minimum Gasteiger partial charge on any atom is -0.453 e. The van der Waals surface area contributed by atoms with Crippen LogP contribution in [0.15, 0.2) is 110 Å². The first-order chi connectivity index (χ1) is 21.5. The van der Waals surface area contributed by atoms with Crippen molar-refractivity contribution in [3.8, 4) is 23.0 Å². The Balaban J connectivity index is 1.10. The summed E-state index contributed by atoms with van der Waals surface area (Å²) in [4.78, 5) is 42.9. The lowest BCUT2D eigenvalue weighted by Crippen LogP contribution is -2.25. The summed E-state index contributed by atoms with van der Waals surface area (Å²) in [6, 6.07) is 24.8. The molecule has 10 nitrogen and oxygen atoms in total. The van der Waals surface area contributed by atoms with Crippen LogP contribution in [0.2, 0.25) is 10.0 Å². The molecule has 2 N–H and O–H groups in total. The van der Waals surface area contributed by atoms with Gasteiger partial charge >= 0.3 is 11.9 Å². The van der Waals surface area contributed by atoms with E-state index < -0.39 is 11.9 Å². The van der Waals surface area contributed by atoms with Crippen molar-refractivity contribution in [1.82, 2.24) is 9.97 Å². The lowest BCUT2D eigenvalue weighted by molar-refractivity contribution is -0.164. The van der Waals surface area contributed by atoms with Crippen molar-refractivity contribution in [2.24, 2.45) is 0 Å². The highest BCUT2D eigenvalue weighted by Crippen LogP contribution is 2.37. The topological polar surface area (TPSA) is 121 Å². The summed E-state index contributed by atoms with van der Waals surface area (Å²) < 4.78 is 12.1. The van der Waals surface area contributed by atoms with Crippen molar-refractivity contribution in [2.75, 3.05) is 11.0 Å². The number of benzene rings is 4. The summed E-state index contributed by atoms with van der Waals surface area (Å²) in [6.45, 7) is 0. The number of carbonyl (C=O) groups is 2. The van der Waals surface area contributed by atoms with E-state index in [2.05, 4.69) is 20.9 Å². The molecular weight excluding hydrogens is 607 g/mol. The average molecular weight is 627 g/mol. The number of hydrogen-bond donors (Lipinski definition) is 2. The van der Waals surface area contributed by atoms with Gasteiger partial charge in [-0.1, -0.05) is 71.7 Å². The van der Waals surface area contributed by atoms with Gasteiger partial charge in [0.05, 0.1) is 12.4 Å². The minimum absolute atomic E-state index is 0.229. The Morgan fingerprint density at radius 1 is 0.523 bits per heavy atom. The van der Waals surface area contributed by atoms with Crippen molar-refractivity contribution in [3.63, 3.8) is 0 Å². The number of aromatic nitrogens is 2. The number of hydrogen-bond acceptors (Lipinski definition) is 10. The molecule has 0 fully saturated rings. The Morgan fingerprint density at radius 3 is 1.36 bits per heavy atom. The number of pyridine rings is 2. The van der Waals surface area contributed by atoms with Gasteiger partial charge in [0.25, 0.3) is 0 Å². The van der Waals surface area contributed by atoms with Crippen LogP contribution in [0, 0.1) is 0 Å². The highest BCUT2D eigenvalue weighted by atomic mass is 35.5. The molecule has 2 heterocycles. The first kappa shape index (κ1) is 28.5. The van der Waals surface area contributed by atoms with Crippen LogP contribution < -0.4 is 20.4 Å². The number of anilines is 2. The first-order valence-corrected chi connectivity index (χ1v) is 13.8. The van der Waals surface area contributed by atoms with Crippen LogP contribution in [0.1, 0.15) is 0 Å². The molecule has 0 saturated heterocycles. The Kier molecular flexibility index (Phi) is 8.26. The first-order valence-electron chi connectivity index (χ1n) is 13.0. The number of carbonyl (C=O) groups excluding carboxylic acids is 2. The van der Waals surface area contributed by atoms with Gasteiger partial charge in [-0.15, -0.1) is 0 Å². The van der Waals surface area contributed by atoms with Gasteiger partial charge in [-0.25, -0.2) is 20.5 Å². The van der Waals surface area contributed by atoms with E-state index in [1.165, 1.54) is 36.9 Å². The van der Waals surface area contributed by atoms with Gasteiger partial charge in [0.2, 0.25) is 0 Å². The van der Waals surface area contributed by atoms with E-state index in [4.69, 9.17) is 42.4 Å². The number of fused-ring (bicyclic) bond motifs is 2. The standard InChI is InChI=1S/C32H20Cl2N4O6/c33-23-9-11-27(21-7-3-1-5-19(21)23)41-29-17-35-15-13-25(29)37-43-31(39)32(40)44-38-26-14-16-36-18-30(26)42-28-12-10-24(34)20-6-2-4-8-22(20)28/h1-18H,(H,35,37)(H,36,38). The molecule has 0 aliphatic heterocycles. The summed E-state index contributed by atoms with van der Waals surface area (Å²) in [7, 11) is 0. The summed E-state index contributed by atoms with van der Waals surface area (Å²) in [5.41, 5.74) is 5.30. The van der Waals surface area contributed by atoms with Crippen LogP contribution in [0.4, 0.5) is 11.4 Å². The smallest absolute Gasteiger partial charge is 0.443 e. The van der Waals surface area contributed by atoms with E-state index in [0.717, 1.165) is 21.5 Å². The third kappa shape index (κ3) is 6.12. The molecular formula is C32H20Cl2N4O6. The van der Waals surface area contributed by atoms with Crippen LogP contribution in [0.25, 0.3) is 21.5 Å². The summed E-state index contributed by atoms with van der Waals surface area (Å²) in [5, 5.41) is 4.28. The Labute approximate surface area is 260 Å². The highest BCUT2D eigenvalue weighted by molar-refractivity contribution is 6.36.